The van der Waals surface area contributed by atoms with Crippen molar-refractivity contribution in [1.29, 1.82) is 0 Å². The van der Waals surface area contributed by atoms with E-state index in [-0.39, 0.29) is 30.7 Å². The maximum Gasteiger partial charge on any atom is 0.253 e. The highest BCUT2D eigenvalue weighted by molar-refractivity contribution is 5.94. The zero-order valence-corrected chi connectivity index (χ0v) is 17.6. The van der Waals surface area contributed by atoms with Gasteiger partial charge in [-0.1, -0.05) is 6.92 Å². The van der Waals surface area contributed by atoms with E-state index in [0.717, 1.165) is 64.1 Å². The summed E-state index contributed by atoms with van der Waals surface area (Å²) in [4.78, 5) is 17.2. The normalized spacial score (nSPS) is 18.2. The van der Waals surface area contributed by atoms with Crippen LogP contribution in [-0.4, -0.2) is 50.1 Å². The Labute approximate surface area is 170 Å². The SMILES string of the molecule is CCCN(CC)c1ccc(C(=O)N2CCC3(CCNC3)CC2)cc1.Cl.Cl. The number of carbonyl (C=O) groups is 1. The minimum atomic E-state index is 0. The molecule has 2 heterocycles. The summed E-state index contributed by atoms with van der Waals surface area (Å²) >= 11 is 0. The lowest BCUT2D eigenvalue weighted by atomic mass is 9.78. The van der Waals surface area contributed by atoms with Gasteiger partial charge in [0.15, 0.2) is 0 Å². The molecule has 148 valence electrons. The lowest BCUT2D eigenvalue weighted by Crippen LogP contribution is -2.44. The third-order valence-electron chi connectivity index (χ3n) is 5.80. The molecule has 0 aromatic heterocycles. The minimum absolute atomic E-state index is 0. The average Bonchev–Trinajstić information content (AvgIpc) is 3.08. The van der Waals surface area contributed by atoms with Gasteiger partial charge in [-0.2, -0.15) is 0 Å². The van der Waals surface area contributed by atoms with Crippen molar-refractivity contribution in [2.45, 2.75) is 39.5 Å². The number of hydrogen-bond donors (Lipinski definition) is 1. The van der Waals surface area contributed by atoms with E-state index in [2.05, 4.69) is 36.2 Å². The van der Waals surface area contributed by atoms with Crippen LogP contribution in [0.25, 0.3) is 0 Å². The Balaban J connectivity index is 0.00000169. The number of nitrogens with one attached hydrogen (secondary N) is 1. The molecule has 0 saturated carbocycles. The molecule has 1 aromatic rings. The fourth-order valence-electron chi connectivity index (χ4n) is 4.14. The van der Waals surface area contributed by atoms with Crippen LogP contribution in [0.4, 0.5) is 5.69 Å². The number of rotatable bonds is 5. The molecule has 0 atom stereocenters. The number of halogens is 2. The number of anilines is 1. The number of piperidine rings is 1. The fraction of sp³-hybridized carbons (Fsp3) is 0.650. The van der Waals surface area contributed by atoms with E-state index in [4.69, 9.17) is 0 Å². The van der Waals surface area contributed by atoms with Gasteiger partial charge in [-0.15, -0.1) is 24.8 Å². The molecular weight excluding hydrogens is 369 g/mol. The highest BCUT2D eigenvalue weighted by Gasteiger charge is 2.38. The van der Waals surface area contributed by atoms with Gasteiger partial charge in [0.2, 0.25) is 0 Å². The molecular formula is C20H33Cl2N3O. The Bertz CT molecular complexity index is 549. The van der Waals surface area contributed by atoms with Crippen LogP contribution in [0.5, 0.6) is 0 Å². The zero-order valence-electron chi connectivity index (χ0n) is 16.0. The van der Waals surface area contributed by atoms with Gasteiger partial charge in [-0.25, -0.2) is 0 Å². The monoisotopic (exact) mass is 401 g/mol. The summed E-state index contributed by atoms with van der Waals surface area (Å²) in [6, 6.07) is 8.19. The van der Waals surface area contributed by atoms with E-state index in [1.165, 1.54) is 12.1 Å². The van der Waals surface area contributed by atoms with E-state index < -0.39 is 0 Å². The van der Waals surface area contributed by atoms with Gasteiger partial charge in [0, 0.05) is 44.0 Å². The molecule has 2 aliphatic heterocycles. The van der Waals surface area contributed by atoms with Crippen LogP contribution in [0.15, 0.2) is 24.3 Å². The van der Waals surface area contributed by atoms with Crippen LogP contribution in [0, 0.1) is 5.41 Å². The van der Waals surface area contributed by atoms with Gasteiger partial charge < -0.3 is 15.1 Å². The molecule has 26 heavy (non-hydrogen) atoms. The summed E-state index contributed by atoms with van der Waals surface area (Å²) in [5, 5.41) is 3.48. The van der Waals surface area contributed by atoms with Crippen molar-refractivity contribution in [1.82, 2.24) is 10.2 Å². The van der Waals surface area contributed by atoms with Crippen LogP contribution < -0.4 is 10.2 Å². The van der Waals surface area contributed by atoms with E-state index in [1.54, 1.807) is 0 Å². The summed E-state index contributed by atoms with van der Waals surface area (Å²) in [5.41, 5.74) is 2.50. The molecule has 0 radical (unpaired) electrons. The van der Waals surface area contributed by atoms with Crippen LogP contribution >= 0.6 is 24.8 Å². The summed E-state index contributed by atoms with van der Waals surface area (Å²) in [5.74, 6) is 0.195. The predicted molar refractivity (Wildman–Crippen MR) is 114 cm³/mol. The maximum atomic E-state index is 12.8. The first kappa shape index (κ1) is 23.1. The standard InChI is InChI=1S/C20H31N3O.2ClH/c1-3-13-22(4-2)18-7-5-17(6-8-18)19(24)23-14-10-20(11-15-23)9-12-21-16-20;;/h5-8,21H,3-4,9-16H2,1-2H3;2*1H. The lowest BCUT2D eigenvalue weighted by Gasteiger charge is -2.39. The number of benzene rings is 1. The first-order valence-corrected chi connectivity index (χ1v) is 9.52. The second-order valence-electron chi connectivity index (χ2n) is 7.35. The molecule has 2 aliphatic rings. The Morgan fingerprint density at radius 2 is 1.77 bits per heavy atom. The summed E-state index contributed by atoms with van der Waals surface area (Å²) < 4.78 is 0. The van der Waals surface area contributed by atoms with Crippen LogP contribution in [-0.2, 0) is 0 Å². The first-order chi connectivity index (χ1) is 11.7. The number of nitrogens with zero attached hydrogens (tertiary/aromatic N) is 2. The molecule has 1 N–H and O–H groups in total. The summed E-state index contributed by atoms with van der Waals surface area (Å²) in [7, 11) is 0. The molecule has 2 fully saturated rings. The molecule has 6 heteroatoms. The topological polar surface area (TPSA) is 35.6 Å². The third-order valence-corrected chi connectivity index (χ3v) is 5.80. The Morgan fingerprint density at radius 3 is 2.27 bits per heavy atom. The van der Waals surface area contributed by atoms with Gasteiger partial charge in [0.1, 0.15) is 0 Å². The first-order valence-electron chi connectivity index (χ1n) is 9.52. The van der Waals surface area contributed by atoms with E-state index >= 15 is 0 Å². The Hall–Kier alpha value is -0.970. The Morgan fingerprint density at radius 1 is 1.12 bits per heavy atom. The van der Waals surface area contributed by atoms with E-state index in [0.29, 0.717) is 5.41 Å². The second kappa shape index (κ2) is 10.4. The molecule has 0 bridgehead atoms. The number of hydrogen-bond acceptors (Lipinski definition) is 3. The molecule has 3 rings (SSSR count). The highest BCUT2D eigenvalue weighted by Crippen LogP contribution is 2.37. The van der Waals surface area contributed by atoms with Crippen molar-refractivity contribution in [2.24, 2.45) is 5.41 Å². The number of likely N-dealkylation sites (tertiary alicyclic amines) is 1. The van der Waals surface area contributed by atoms with Gasteiger partial charge in [-0.3, -0.25) is 4.79 Å². The van der Waals surface area contributed by atoms with Crippen molar-refractivity contribution in [3.05, 3.63) is 29.8 Å². The molecule has 0 aliphatic carbocycles. The van der Waals surface area contributed by atoms with Crippen LogP contribution in [0.2, 0.25) is 0 Å². The quantitative estimate of drug-likeness (QED) is 0.809. The second-order valence-corrected chi connectivity index (χ2v) is 7.35. The summed E-state index contributed by atoms with van der Waals surface area (Å²) in [6.07, 6.45) is 4.70. The van der Waals surface area contributed by atoms with Crippen molar-refractivity contribution >= 4 is 36.4 Å². The molecule has 0 unspecified atom stereocenters. The summed E-state index contributed by atoms with van der Waals surface area (Å²) in [6.45, 7) is 10.5. The van der Waals surface area contributed by atoms with Crippen molar-refractivity contribution in [3.8, 4) is 0 Å². The molecule has 1 amide bonds. The number of amides is 1. The van der Waals surface area contributed by atoms with E-state index in [1.807, 2.05) is 17.0 Å². The largest absolute Gasteiger partial charge is 0.372 e. The van der Waals surface area contributed by atoms with Gasteiger partial charge in [0.25, 0.3) is 5.91 Å². The van der Waals surface area contributed by atoms with Gasteiger partial charge in [-0.05, 0) is 68.8 Å². The Kier molecular flexibility index (Phi) is 9.22. The minimum Gasteiger partial charge on any atom is -0.372 e. The zero-order chi connectivity index (χ0) is 17.0. The highest BCUT2D eigenvalue weighted by atomic mass is 35.5. The van der Waals surface area contributed by atoms with Crippen molar-refractivity contribution < 1.29 is 4.79 Å². The molecule has 4 nitrogen and oxygen atoms in total. The molecule has 1 spiro atoms. The lowest BCUT2D eigenvalue weighted by molar-refractivity contribution is 0.0607. The molecule has 1 aromatic carbocycles. The van der Waals surface area contributed by atoms with Crippen LogP contribution in [0.1, 0.15) is 49.9 Å². The van der Waals surface area contributed by atoms with Crippen molar-refractivity contribution in [3.63, 3.8) is 0 Å². The maximum absolute atomic E-state index is 12.8. The van der Waals surface area contributed by atoms with Crippen LogP contribution in [0.3, 0.4) is 0 Å². The fourth-order valence-corrected chi connectivity index (χ4v) is 4.14. The number of carbonyl (C=O) groups excluding carboxylic acids is 1. The predicted octanol–water partition coefficient (Wildman–Crippen LogP) is 3.98. The van der Waals surface area contributed by atoms with E-state index in [9.17, 15) is 4.79 Å². The smallest absolute Gasteiger partial charge is 0.253 e. The molecule has 2 saturated heterocycles. The van der Waals surface area contributed by atoms with Gasteiger partial charge >= 0.3 is 0 Å². The van der Waals surface area contributed by atoms with Crippen molar-refractivity contribution in [2.75, 3.05) is 44.2 Å². The van der Waals surface area contributed by atoms with Gasteiger partial charge in [0.05, 0.1) is 0 Å². The average molecular weight is 402 g/mol. The third kappa shape index (κ3) is 5.05.